The molecule has 1 aromatic heterocycles. The Hall–Kier alpha value is -1.62. The first kappa shape index (κ1) is 9.92. The Balaban J connectivity index is 2.25. The summed E-state index contributed by atoms with van der Waals surface area (Å²) >= 11 is 3.33. The largest absolute Gasteiger partial charge is 0.437 e. The van der Waals surface area contributed by atoms with Crippen LogP contribution in [0.5, 0.6) is 11.6 Å². The quantitative estimate of drug-likeness (QED) is 0.849. The summed E-state index contributed by atoms with van der Waals surface area (Å²) in [5, 5.41) is 0. The summed E-state index contributed by atoms with van der Waals surface area (Å²) < 4.78 is 6.32. The summed E-state index contributed by atoms with van der Waals surface area (Å²) in [7, 11) is 0. The molecule has 1 aromatic carbocycles. The third-order valence-corrected chi connectivity index (χ3v) is 2.11. The van der Waals surface area contributed by atoms with Crippen LogP contribution in [0.4, 0.5) is 5.69 Å². The molecule has 0 radical (unpaired) electrons. The van der Waals surface area contributed by atoms with Crippen molar-refractivity contribution in [3.63, 3.8) is 0 Å². The molecule has 0 unspecified atom stereocenters. The smallest absolute Gasteiger partial charge is 0.237 e. The van der Waals surface area contributed by atoms with E-state index in [-0.39, 0.29) is 0 Å². The second-order valence-corrected chi connectivity index (χ2v) is 3.78. The third-order valence-electron chi connectivity index (χ3n) is 1.66. The maximum atomic E-state index is 5.67. The van der Waals surface area contributed by atoms with Crippen molar-refractivity contribution in [3.05, 3.63) is 41.3 Å². The van der Waals surface area contributed by atoms with Crippen molar-refractivity contribution < 1.29 is 4.74 Å². The van der Waals surface area contributed by atoms with Crippen molar-refractivity contribution in [2.75, 3.05) is 5.73 Å². The molecular weight excluding hydrogens is 258 g/mol. The average molecular weight is 266 g/mol. The van der Waals surface area contributed by atoms with Gasteiger partial charge in [0.2, 0.25) is 5.88 Å². The first-order valence-corrected chi connectivity index (χ1v) is 5.03. The van der Waals surface area contributed by atoms with Gasteiger partial charge in [-0.15, -0.1) is 0 Å². The van der Waals surface area contributed by atoms with E-state index < -0.39 is 0 Å². The maximum Gasteiger partial charge on any atom is 0.237 e. The number of ether oxygens (including phenoxy) is 1. The second kappa shape index (κ2) is 4.27. The first-order chi connectivity index (χ1) is 7.24. The number of benzene rings is 1. The van der Waals surface area contributed by atoms with Gasteiger partial charge in [-0.3, -0.25) is 4.98 Å². The van der Waals surface area contributed by atoms with Gasteiger partial charge in [-0.2, -0.15) is 0 Å². The lowest BCUT2D eigenvalue weighted by atomic mass is 10.3. The van der Waals surface area contributed by atoms with Crippen LogP contribution in [-0.2, 0) is 0 Å². The van der Waals surface area contributed by atoms with Crippen molar-refractivity contribution >= 4 is 21.6 Å². The van der Waals surface area contributed by atoms with E-state index in [9.17, 15) is 0 Å². The van der Waals surface area contributed by atoms with E-state index in [1.54, 1.807) is 24.5 Å². The Morgan fingerprint density at radius 2 is 2.07 bits per heavy atom. The Kier molecular flexibility index (Phi) is 2.82. The van der Waals surface area contributed by atoms with Gasteiger partial charge in [0.05, 0.1) is 6.20 Å². The Morgan fingerprint density at radius 3 is 2.73 bits per heavy atom. The number of nitrogen functional groups attached to an aromatic ring is 1. The van der Waals surface area contributed by atoms with Crippen LogP contribution in [0.25, 0.3) is 0 Å². The topological polar surface area (TPSA) is 61.0 Å². The lowest BCUT2D eigenvalue weighted by Crippen LogP contribution is -1.90. The van der Waals surface area contributed by atoms with Crippen molar-refractivity contribution in [1.82, 2.24) is 9.97 Å². The van der Waals surface area contributed by atoms with Gasteiger partial charge >= 0.3 is 0 Å². The van der Waals surface area contributed by atoms with E-state index in [0.717, 1.165) is 4.47 Å². The molecule has 76 valence electrons. The van der Waals surface area contributed by atoms with Crippen LogP contribution in [0.15, 0.2) is 41.3 Å². The zero-order chi connectivity index (χ0) is 10.7. The van der Waals surface area contributed by atoms with Crippen LogP contribution in [0, 0.1) is 0 Å². The van der Waals surface area contributed by atoms with Gasteiger partial charge in [0.25, 0.3) is 0 Å². The van der Waals surface area contributed by atoms with Crippen LogP contribution in [-0.4, -0.2) is 9.97 Å². The van der Waals surface area contributed by atoms with E-state index in [1.807, 2.05) is 6.07 Å². The standard InChI is InChI=1S/C10H8BrN3O/c11-7-3-8(12)5-9(4-7)15-10-6-13-1-2-14-10/h1-6H,12H2. The summed E-state index contributed by atoms with van der Waals surface area (Å²) in [6.07, 6.45) is 4.69. The zero-order valence-electron chi connectivity index (χ0n) is 7.72. The molecule has 2 N–H and O–H groups in total. The number of anilines is 1. The fraction of sp³-hybridized carbons (Fsp3) is 0. The molecule has 0 aliphatic carbocycles. The molecule has 0 saturated carbocycles. The van der Waals surface area contributed by atoms with Crippen LogP contribution in [0.3, 0.4) is 0 Å². The van der Waals surface area contributed by atoms with E-state index in [2.05, 4.69) is 25.9 Å². The average Bonchev–Trinajstić information content (AvgIpc) is 2.17. The fourth-order valence-corrected chi connectivity index (χ4v) is 1.59. The molecule has 0 saturated heterocycles. The lowest BCUT2D eigenvalue weighted by Gasteiger charge is -2.05. The minimum Gasteiger partial charge on any atom is -0.437 e. The first-order valence-electron chi connectivity index (χ1n) is 4.24. The highest BCUT2D eigenvalue weighted by Crippen LogP contribution is 2.25. The van der Waals surface area contributed by atoms with Gasteiger partial charge < -0.3 is 10.5 Å². The van der Waals surface area contributed by atoms with E-state index in [1.165, 1.54) is 6.20 Å². The number of aromatic nitrogens is 2. The molecule has 5 heteroatoms. The molecule has 0 amide bonds. The summed E-state index contributed by atoms with van der Waals surface area (Å²) in [4.78, 5) is 7.89. The SMILES string of the molecule is Nc1cc(Br)cc(Oc2cnccn2)c1. The maximum absolute atomic E-state index is 5.67. The molecule has 0 bridgehead atoms. The Labute approximate surface area is 95.2 Å². The number of hydrogen-bond acceptors (Lipinski definition) is 4. The zero-order valence-corrected chi connectivity index (χ0v) is 9.31. The van der Waals surface area contributed by atoms with E-state index in [0.29, 0.717) is 17.3 Å². The normalized spacial score (nSPS) is 9.93. The minimum absolute atomic E-state index is 0.440. The van der Waals surface area contributed by atoms with Crippen molar-refractivity contribution in [2.45, 2.75) is 0 Å². The van der Waals surface area contributed by atoms with E-state index >= 15 is 0 Å². The molecule has 4 nitrogen and oxygen atoms in total. The van der Waals surface area contributed by atoms with Gasteiger partial charge in [0.15, 0.2) is 0 Å². The molecule has 0 fully saturated rings. The monoisotopic (exact) mass is 265 g/mol. The summed E-state index contributed by atoms with van der Waals surface area (Å²) in [5.41, 5.74) is 6.30. The number of nitrogens with two attached hydrogens (primary N) is 1. The minimum atomic E-state index is 0.440. The second-order valence-electron chi connectivity index (χ2n) is 2.87. The number of nitrogens with zero attached hydrogens (tertiary/aromatic N) is 2. The fourth-order valence-electron chi connectivity index (χ4n) is 1.10. The summed E-state index contributed by atoms with van der Waals surface area (Å²) in [6.45, 7) is 0. The molecule has 0 aliphatic heterocycles. The number of halogens is 1. The summed E-state index contributed by atoms with van der Waals surface area (Å²) in [5.74, 6) is 1.07. The predicted octanol–water partition coefficient (Wildman–Crippen LogP) is 2.61. The molecular formula is C10H8BrN3O. The third kappa shape index (κ3) is 2.66. The molecule has 15 heavy (non-hydrogen) atoms. The van der Waals surface area contributed by atoms with Gasteiger partial charge in [0, 0.05) is 28.6 Å². The van der Waals surface area contributed by atoms with E-state index in [4.69, 9.17) is 10.5 Å². The van der Waals surface area contributed by atoms with Gasteiger partial charge in [-0.05, 0) is 12.1 Å². The molecule has 2 rings (SSSR count). The highest BCUT2D eigenvalue weighted by molar-refractivity contribution is 9.10. The van der Waals surface area contributed by atoms with Crippen LogP contribution in [0.2, 0.25) is 0 Å². The number of rotatable bonds is 2. The van der Waals surface area contributed by atoms with Gasteiger partial charge in [-0.1, -0.05) is 15.9 Å². The molecule has 0 atom stereocenters. The highest BCUT2D eigenvalue weighted by Gasteiger charge is 2.00. The van der Waals surface area contributed by atoms with Crippen molar-refractivity contribution in [1.29, 1.82) is 0 Å². The highest BCUT2D eigenvalue weighted by atomic mass is 79.9. The molecule has 0 aliphatic rings. The van der Waals surface area contributed by atoms with Crippen LogP contribution in [0.1, 0.15) is 0 Å². The molecule has 1 heterocycles. The number of hydrogen-bond donors (Lipinski definition) is 1. The molecule has 2 aromatic rings. The summed E-state index contributed by atoms with van der Waals surface area (Å²) in [6, 6.07) is 5.33. The van der Waals surface area contributed by atoms with Gasteiger partial charge in [0.1, 0.15) is 5.75 Å². The molecule has 0 spiro atoms. The Bertz CT molecular complexity index is 441. The Morgan fingerprint density at radius 1 is 1.20 bits per heavy atom. The van der Waals surface area contributed by atoms with Crippen molar-refractivity contribution in [3.8, 4) is 11.6 Å². The van der Waals surface area contributed by atoms with Gasteiger partial charge in [-0.25, -0.2) is 4.98 Å². The van der Waals surface area contributed by atoms with Crippen LogP contribution >= 0.6 is 15.9 Å². The van der Waals surface area contributed by atoms with Crippen molar-refractivity contribution in [2.24, 2.45) is 0 Å². The lowest BCUT2D eigenvalue weighted by molar-refractivity contribution is 0.460. The predicted molar refractivity (Wildman–Crippen MR) is 60.7 cm³/mol. The van der Waals surface area contributed by atoms with Crippen LogP contribution < -0.4 is 10.5 Å².